The summed E-state index contributed by atoms with van der Waals surface area (Å²) in [6, 6.07) is 0. The lowest BCUT2D eigenvalue weighted by Crippen LogP contribution is -2.18. The third-order valence-corrected chi connectivity index (χ3v) is 1.81. The van der Waals surface area contributed by atoms with Crippen molar-refractivity contribution in [2.24, 2.45) is 5.73 Å². The average molecular weight is 217 g/mol. The molecule has 0 spiro atoms. The summed E-state index contributed by atoms with van der Waals surface area (Å²) in [6.07, 6.45) is 1.38. The number of rotatable bonds is 4. The van der Waals surface area contributed by atoms with Crippen molar-refractivity contribution in [2.75, 3.05) is 11.9 Å². The number of halogens is 1. The van der Waals surface area contributed by atoms with Gasteiger partial charge in [0.2, 0.25) is 5.91 Å². The van der Waals surface area contributed by atoms with E-state index in [1.165, 1.54) is 6.33 Å². The smallest absolute Gasteiger partial charge is 0.271 e. The Balaban J connectivity index is 2.63. The maximum atomic E-state index is 11.0. The Labute approximate surface area is 84.5 Å². The number of nitrogens with two attached hydrogens (primary N) is 1. The molecule has 0 bridgehead atoms. The van der Waals surface area contributed by atoms with Gasteiger partial charge in [0.15, 0.2) is 5.82 Å². The molecule has 6 nitrogen and oxygen atoms in total. The molecule has 76 valence electrons. The van der Waals surface area contributed by atoms with Gasteiger partial charge < -0.3 is 16.0 Å². The van der Waals surface area contributed by atoms with Crippen LogP contribution in [-0.2, 0) is 4.79 Å². The fourth-order valence-electron chi connectivity index (χ4n) is 0.810. The van der Waals surface area contributed by atoms with Crippen molar-refractivity contribution < 1.29 is 4.79 Å². The molecule has 0 aliphatic heterocycles. The van der Waals surface area contributed by atoms with Gasteiger partial charge in [-0.25, -0.2) is 4.98 Å². The lowest BCUT2D eigenvalue weighted by atomic mass is 10.4. The van der Waals surface area contributed by atoms with Crippen LogP contribution in [0.5, 0.6) is 0 Å². The number of anilines is 1. The van der Waals surface area contributed by atoms with E-state index in [1.807, 2.05) is 0 Å². The second kappa shape index (κ2) is 4.61. The summed E-state index contributed by atoms with van der Waals surface area (Å²) < 4.78 is 0. The van der Waals surface area contributed by atoms with Gasteiger partial charge in [-0.1, -0.05) is 11.6 Å². The number of amides is 1. The minimum atomic E-state index is -0.432. The SMILES string of the molecule is NC(=O)CCNc1nc[nH]c(=O)c1Cl. The molecule has 7 heteroatoms. The van der Waals surface area contributed by atoms with E-state index in [-0.39, 0.29) is 17.3 Å². The zero-order valence-electron chi connectivity index (χ0n) is 7.21. The number of aromatic nitrogens is 2. The van der Waals surface area contributed by atoms with Gasteiger partial charge in [0.05, 0.1) is 6.33 Å². The monoisotopic (exact) mass is 216 g/mol. The van der Waals surface area contributed by atoms with Gasteiger partial charge in [-0.05, 0) is 0 Å². The van der Waals surface area contributed by atoms with Gasteiger partial charge in [0.25, 0.3) is 5.56 Å². The molecule has 0 fully saturated rings. The number of carbonyl (C=O) groups is 1. The molecule has 0 radical (unpaired) electrons. The first-order valence-corrected chi connectivity index (χ1v) is 4.24. The average Bonchev–Trinajstić information content (AvgIpc) is 2.12. The van der Waals surface area contributed by atoms with Crippen LogP contribution < -0.4 is 16.6 Å². The normalized spacial score (nSPS) is 9.79. The van der Waals surface area contributed by atoms with Gasteiger partial charge in [0.1, 0.15) is 5.02 Å². The van der Waals surface area contributed by atoms with Gasteiger partial charge in [0, 0.05) is 13.0 Å². The number of hydrogen-bond acceptors (Lipinski definition) is 4. The van der Waals surface area contributed by atoms with E-state index in [0.29, 0.717) is 6.54 Å². The molecule has 4 N–H and O–H groups in total. The Morgan fingerprint density at radius 2 is 2.43 bits per heavy atom. The number of hydrogen-bond donors (Lipinski definition) is 3. The summed E-state index contributed by atoms with van der Waals surface area (Å²) in [4.78, 5) is 27.5. The zero-order valence-corrected chi connectivity index (χ0v) is 7.97. The Hall–Kier alpha value is -1.56. The van der Waals surface area contributed by atoms with E-state index in [4.69, 9.17) is 17.3 Å². The highest BCUT2D eigenvalue weighted by atomic mass is 35.5. The van der Waals surface area contributed by atoms with Crippen LogP contribution in [0.3, 0.4) is 0 Å². The number of nitrogens with zero attached hydrogens (tertiary/aromatic N) is 1. The van der Waals surface area contributed by atoms with Crippen molar-refractivity contribution in [1.82, 2.24) is 9.97 Å². The third kappa shape index (κ3) is 2.74. The van der Waals surface area contributed by atoms with E-state index in [0.717, 1.165) is 0 Å². The zero-order chi connectivity index (χ0) is 10.6. The molecule has 0 aliphatic rings. The number of H-pyrrole nitrogens is 1. The van der Waals surface area contributed by atoms with Gasteiger partial charge in [-0.3, -0.25) is 9.59 Å². The highest BCUT2D eigenvalue weighted by Crippen LogP contribution is 2.11. The summed E-state index contributed by atoms with van der Waals surface area (Å²) in [5, 5.41) is 2.69. The fraction of sp³-hybridized carbons (Fsp3) is 0.286. The van der Waals surface area contributed by atoms with Crippen LogP contribution in [0.15, 0.2) is 11.1 Å². The van der Waals surface area contributed by atoms with Crippen molar-refractivity contribution in [2.45, 2.75) is 6.42 Å². The third-order valence-electron chi connectivity index (χ3n) is 1.46. The first-order valence-electron chi connectivity index (χ1n) is 3.86. The summed E-state index contributed by atoms with van der Waals surface area (Å²) >= 11 is 5.62. The molecular weight excluding hydrogens is 208 g/mol. The van der Waals surface area contributed by atoms with Crippen LogP contribution in [0.4, 0.5) is 5.82 Å². The summed E-state index contributed by atoms with van der Waals surface area (Å²) in [5.74, 6) is -0.185. The van der Waals surface area contributed by atoms with E-state index in [9.17, 15) is 9.59 Å². The Morgan fingerprint density at radius 1 is 1.71 bits per heavy atom. The van der Waals surface area contributed by atoms with Crippen LogP contribution in [0.1, 0.15) is 6.42 Å². The summed E-state index contributed by atoms with van der Waals surface area (Å²) in [6.45, 7) is 0.297. The molecule has 0 unspecified atom stereocenters. The number of nitrogens with one attached hydrogen (secondary N) is 2. The quantitative estimate of drug-likeness (QED) is 0.644. The van der Waals surface area contributed by atoms with Crippen LogP contribution in [0.2, 0.25) is 5.02 Å². The molecule has 1 aromatic heterocycles. The molecule has 1 rings (SSSR count). The fourth-order valence-corrected chi connectivity index (χ4v) is 0.981. The molecule has 0 atom stereocenters. The van der Waals surface area contributed by atoms with Crippen LogP contribution >= 0.6 is 11.6 Å². The second-order valence-corrected chi connectivity index (χ2v) is 2.92. The molecular formula is C7H9ClN4O2. The number of aromatic amines is 1. The first-order chi connectivity index (χ1) is 6.61. The number of carbonyl (C=O) groups excluding carboxylic acids is 1. The van der Waals surface area contributed by atoms with Crippen molar-refractivity contribution >= 4 is 23.3 Å². The van der Waals surface area contributed by atoms with Crippen molar-refractivity contribution in [3.63, 3.8) is 0 Å². The largest absolute Gasteiger partial charge is 0.370 e. The predicted octanol–water partition coefficient (Wildman–Crippen LogP) is -0.289. The topological polar surface area (TPSA) is 101 Å². The maximum absolute atomic E-state index is 11.0. The van der Waals surface area contributed by atoms with Crippen molar-refractivity contribution in [1.29, 1.82) is 0 Å². The Bertz CT molecular complexity index is 390. The van der Waals surface area contributed by atoms with Crippen LogP contribution in [0, 0.1) is 0 Å². The van der Waals surface area contributed by atoms with E-state index < -0.39 is 11.5 Å². The van der Waals surface area contributed by atoms with E-state index in [2.05, 4.69) is 15.3 Å². The number of primary amides is 1. The van der Waals surface area contributed by atoms with E-state index >= 15 is 0 Å². The highest BCUT2D eigenvalue weighted by molar-refractivity contribution is 6.32. The maximum Gasteiger partial charge on any atom is 0.271 e. The summed E-state index contributed by atoms with van der Waals surface area (Å²) in [7, 11) is 0. The second-order valence-electron chi connectivity index (χ2n) is 2.54. The van der Waals surface area contributed by atoms with Crippen molar-refractivity contribution in [3.05, 3.63) is 21.7 Å². The minimum absolute atomic E-state index is 0.0306. The lowest BCUT2D eigenvalue weighted by Gasteiger charge is -2.03. The molecule has 1 heterocycles. The Morgan fingerprint density at radius 3 is 3.07 bits per heavy atom. The molecule has 14 heavy (non-hydrogen) atoms. The van der Waals surface area contributed by atoms with Crippen molar-refractivity contribution in [3.8, 4) is 0 Å². The van der Waals surface area contributed by atoms with E-state index in [1.54, 1.807) is 0 Å². The molecule has 0 saturated heterocycles. The van der Waals surface area contributed by atoms with Gasteiger partial charge in [-0.15, -0.1) is 0 Å². The van der Waals surface area contributed by atoms with Crippen LogP contribution in [-0.4, -0.2) is 22.4 Å². The molecule has 1 aromatic rings. The molecule has 1 amide bonds. The van der Waals surface area contributed by atoms with Gasteiger partial charge in [-0.2, -0.15) is 0 Å². The molecule has 0 saturated carbocycles. The minimum Gasteiger partial charge on any atom is -0.370 e. The molecule has 0 aliphatic carbocycles. The Kier molecular flexibility index (Phi) is 3.47. The first kappa shape index (κ1) is 10.5. The predicted molar refractivity (Wildman–Crippen MR) is 52.2 cm³/mol. The summed E-state index contributed by atoms with van der Waals surface area (Å²) in [5.41, 5.74) is 4.50. The highest BCUT2D eigenvalue weighted by Gasteiger charge is 2.04. The van der Waals surface area contributed by atoms with Crippen LogP contribution in [0.25, 0.3) is 0 Å². The lowest BCUT2D eigenvalue weighted by molar-refractivity contribution is -0.117. The molecule has 0 aromatic carbocycles. The standard InChI is InChI=1S/C7H9ClN4O2/c8-5-6(10-2-1-4(9)13)11-3-12-7(5)14/h3H,1-2H2,(H2,9,13)(H2,10,11,12,14). The van der Waals surface area contributed by atoms with Gasteiger partial charge >= 0.3 is 0 Å².